The lowest BCUT2D eigenvalue weighted by Crippen LogP contribution is -2.37. The van der Waals surface area contributed by atoms with E-state index in [1.165, 1.54) is 0 Å². The molecule has 20 heavy (non-hydrogen) atoms. The summed E-state index contributed by atoms with van der Waals surface area (Å²) < 4.78 is 0. The molecule has 0 aliphatic carbocycles. The molecule has 0 saturated carbocycles. The molecule has 0 spiro atoms. The maximum atomic E-state index is 12.0. The molecule has 5 heteroatoms. The number of anilines is 1. The number of hydrogen-bond acceptors (Lipinski definition) is 4. The molecule has 1 fully saturated rings. The van der Waals surface area contributed by atoms with Crippen molar-refractivity contribution >= 4 is 23.4 Å². The van der Waals surface area contributed by atoms with E-state index in [2.05, 4.69) is 15.6 Å². The number of nitrogens with one attached hydrogen (secondary N) is 2. The van der Waals surface area contributed by atoms with Gasteiger partial charge in [-0.25, -0.2) is 0 Å². The van der Waals surface area contributed by atoms with Gasteiger partial charge in [-0.05, 0) is 11.6 Å². The molecule has 2 N–H and O–H groups in total. The molecule has 2 aromatic rings. The number of carbonyl (C=O) groups is 1. The molecule has 0 radical (unpaired) electrons. The molecule has 1 aromatic heterocycles. The largest absolute Gasteiger partial charge is 0.323 e. The quantitative estimate of drug-likeness (QED) is 0.909. The first-order chi connectivity index (χ1) is 9.83. The van der Waals surface area contributed by atoms with Crippen LogP contribution in [0.5, 0.6) is 0 Å². The Morgan fingerprint density at radius 2 is 2.10 bits per heavy atom. The molecule has 1 aliphatic heterocycles. The maximum Gasteiger partial charge on any atom is 0.242 e. The monoisotopic (exact) mass is 285 g/mol. The van der Waals surface area contributed by atoms with Crippen LogP contribution in [0.2, 0.25) is 0 Å². The number of hydrogen-bond donors (Lipinski definition) is 2. The number of amides is 1. The minimum Gasteiger partial charge on any atom is -0.323 e. The van der Waals surface area contributed by atoms with Crippen molar-refractivity contribution < 1.29 is 4.79 Å². The lowest BCUT2D eigenvalue weighted by atomic mass is 10.1. The van der Waals surface area contributed by atoms with Gasteiger partial charge in [0, 0.05) is 23.4 Å². The smallest absolute Gasteiger partial charge is 0.242 e. The molecule has 4 nitrogen and oxygen atoms in total. The molecule has 1 atom stereocenters. The Balaban J connectivity index is 1.76. The van der Waals surface area contributed by atoms with E-state index in [0.29, 0.717) is 0 Å². The Morgan fingerprint density at radius 1 is 1.25 bits per heavy atom. The van der Waals surface area contributed by atoms with E-state index in [0.717, 1.165) is 28.4 Å². The van der Waals surface area contributed by atoms with Crippen LogP contribution in [0.3, 0.4) is 0 Å². The minimum atomic E-state index is -0.111. The summed E-state index contributed by atoms with van der Waals surface area (Å²) >= 11 is 1.73. The van der Waals surface area contributed by atoms with Gasteiger partial charge in [0.25, 0.3) is 0 Å². The van der Waals surface area contributed by atoms with E-state index in [4.69, 9.17) is 0 Å². The van der Waals surface area contributed by atoms with E-state index in [-0.39, 0.29) is 11.9 Å². The van der Waals surface area contributed by atoms with Gasteiger partial charge in [-0.3, -0.25) is 15.1 Å². The predicted octanol–water partition coefficient (Wildman–Crippen LogP) is 2.35. The van der Waals surface area contributed by atoms with Gasteiger partial charge in [0.05, 0.1) is 17.9 Å². The highest BCUT2D eigenvalue weighted by Gasteiger charge is 2.22. The summed E-state index contributed by atoms with van der Waals surface area (Å²) in [4.78, 5) is 16.2. The van der Waals surface area contributed by atoms with Crippen LogP contribution in [0.4, 0.5) is 5.69 Å². The average molecular weight is 285 g/mol. The van der Waals surface area contributed by atoms with Crippen LogP contribution >= 0.6 is 11.8 Å². The normalized spacial score (nSPS) is 17.9. The second-order valence-electron chi connectivity index (χ2n) is 4.59. The van der Waals surface area contributed by atoms with Crippen LogP contribution in [0.25, 0.3) is 11.1 Å². The van der Waals surface area contributed by atoms with Gasteiger partial charge in [-0.2, -0.15) is 0 Å². The van der Waals surface area contributed by atoms with E-state index in [1.54, 1.807) is 24.2 Å². The standard InChI is InChI=1S/C15H15N3OS/c19-15(14-9-20-10-17-14)18-13-6-12(7-16-8-13)11-4-2-1-3-5-11/h1-8,14,17H,9-10H2,(H,18,19). The summed E-state index contributed by atoms with van der Waals surface area (Å²) in [5.41, 5.74) is 2.82. The third kappa shape index (κ3) is 3.00. The predicted molar refractivity (Wildman–Crippen MR) is 82.6 cm³/mol. The number of carbonyl (C=O) groups excluding carboxylic acids is 1. The lowest BCUT2D eigenvalue weighted by Gasteiger charge is -2.11. The second-order valence-corrected chi connectivity index (χ2v) is 5.62. The SMILES string of the molecule is O=C(Nc1cncc(-c2ccccc2)c1)C1CSCN1. The first-order valence-electron chi connectivity index (χ1n) is 6.45. The van der Waals surface area contributed by atoms with Gasteiger partial charge >= 0.3 is 0 Å². The van der Waals surface area contributed by atoms with Crippen molar-refractivity contribution in [3.05, 3.63) is 48.8 Å². The molecule has 1 aliphatic rings. The fraction of sp³-hybridized carbons (Fsp3) is 0.200. The van der Waals surface area contributed by atoms with Crippen molar-refractivity contribution in [3.63, 3.8) is 0 Å². The number of aromatic nitrogens is 1. The highest BCUT2D eigenvalue weighted by molar-refractivity contribution is 7.99. The third-order valence-electron chi connectivity index (χ3n) is 3.15. The number of benzene rings is 1. The van der Waals surface area contributed by atoms with Crippen molar-refractivity contribution in [2.24, 2.45) is 0 Å². The Bertz CT molecular complexity index is 597. The molecular weight excluding hydrogens is 270 g/mol. The molecule has 1 unspecified atom stereocenters. The third-order valence-corrected chi connectivity index (χ3v) is 4.09. The zero-order valence-electron chi connectivity index (χ0n) is 10.9. The highest BCUT2D eigenvalue weighted by Crippen LogP contribution is 2.21. The van der Waals surface area contributed by atoms with Crippen LogP contribution in [0.15, 0.2) is 48.8 Å². The number of rotatable bonds is 3. The zero-order valence-corrected chi connectivity index (χ0v) is 11.7. The van der Waals surface area contributed by atoms with Crippen molar-refractivity contribution in [1.82, 2.24) is 10.3 Å². The zero-order chi connectivity index (χ0) is 13.8. The number of pyridine rings is 1. The van der Waals surface area contributed by atoms with Gasteiger partial charge in [0.15, 0.2) is 0 Å². The molecule has 1 aromatic carbocycles. The highest BCUT2D eigenvalue weighted by atomic mass is 32.2. The molecule has 102 valence electrons. The molecule has 3 rings (SSSR count). The van der Waals surface area contributed by atoms with Crippen molar-refractivity contribution in [2.45, 2.75) is 6.04 Å². The number of nitrogens with zero attached hydrogens (tertiary/aromatic N) is 1. The summed E-state index contributed by atoms with van der Waals surface area (Å²) in [6.07, 6.45) is 3.47. The van der Waals surface area contributed by atoms with Crippen molar-refractivity contribution in [1.29, 1.82) is 0 Å². The van der Waals surface area contributed by atoms with Crippen molar-refractivity contribution in [2.75, 3.05) is 16.9 Å². The molecule has 1 amide bonds. The van der Waals surface area contributed by atoms with Crippen molar-refractivity contribution in [3.8, 4) is 11.1 Å². The number of thioether (sulfide) groups is 1. The Labute approximate surface area is 122 Å². The minimum absolute atomic E-state index is 0.00186. The fourth-order valence-corrected chi connectivity index (χ4v) is 3.03. The van der Waals surface area contributed by atoms with E-state index >= 15 is 0 Å². The van der Waals surface area contributed by atoms with Gasteiger partial charge in [0.1, 0.15) is 0 Å². The molecule has 1 saturated heterocycles. The topological polar surface area (TPSA) is 54.0 Å². The summed E-state index contributed by atoms with van der Waals surface area (Å²) in [5, 5.41) is 6.07. The van der Waals surface area contributed by atoms with Gasteiger partial charge in [0.2, 0.25) is 5.91 Å². The first kappa shape index (κ1) is 13.1. The van der Waals surface area contributed by atoms with E-state index < -0.39 is 0 Å². The van der Waals surface area contributed by atoms with Crippen LogP contribution < -0.4 is 10.6 Å². The maximum absolute atomic E-state index is 12.0. The average Bonchev–Trinajstić information content (AvgIpc) is 3.03. The van der Waals surface area contributed by atoms with Crippen LogP contribution in [0, 0.1) is 0 Å². The lowest BCUT2D eigenvalue weighted by molar-refractivity contribution is -0.117. The fourth-order valence-electron chi connectivity index (χ4n) is 2.09. The first-order valence-corrected chi connectivity index (χ1v) is 7.61. The summed E-state index contributed by atoms with van der Waals surface area (Å²) in [6.45, 7) is 0. The van der Waals surface area contributed by atoms with E-state index in [9.17, 15) is 4.79 Å². The summed E-state index contributed by atoms with van der Waals surface area (Å²) in [5.74, 6) is 1.65. The van der Waals surface area contributed by atoms with Crippen LogP contribution in [-0.2, 0) is 4.79 Å². The van der Waals surface area contributed by atoms with Crippen LogP contribution in [0.1, 0.15) is 0 Å². The van der Waals surface area contributed by atoms with Gasteiger partial charge in [-0.1, -0.05) is 30.3 Å². The Kier molecular flexibility index (Phi) is 3.99. The molecular formula is C15H15N3OS. The van der Waals surface area contributed by atoms with E-state index in [1.807, 2.05) is 36.4 Å². The Morgan fingerprint density at radius 3 is 2.85 bits per heavy atom. The van der Waals surface area contributed by atoms with Crippen LogP contribution in [-0.4, -0.2) is 28.6 Å². The Hall–Kier alpha value is -1.85. The second kappa shape index (κ2) is 6.07. The summed E-state index contributed by atoms with van der Waals surface area (Å²) in [6, 6.07) is 11.8. The van der Waals surface area contributed by atoms with Gasteiger partial charge in [-0.15, -0.1) is 11.8 Å². The molecule has 2 heterocycles. The molecule has 0 bridgehead atoms. The van der Waals surface area contributed by atoms with Gasteiger partial charge < -0.3 is 5.32 Å². The summed E-state index contributed by atoms with van der Waals surface area (Å²) in [7, 11) is 0.